The monoisotopic (exact) mass is 598 g/mol. The van der Waals surface area contributed by atoms with E-state index in [1.807, 2.05) is 0 Å². The summed E-state index contributed by atoms with van der Waals surface area (Å²) in [7, 11) is 0. The third-order valence-corrected chi connectivity index (χ3v) is 11.1. The van der Waals surface area contributed by atoms with Gasteiger partial charge in [-0.15, -0.1) is 0 Å². The predicted octanol–water partition coefficient (Wildman–Crippen LogP) is 9.48. The summed E-state index contributed by atoms with van der Waals surface area (Å²) >= 11 is 0. The lowest BCUT2D eigenvalue weighted by Gasteiger charge is -2.46. The summed E-state index contributed by atoms with van der Waals surface area (Å²) in [5.74, 6) is 0. The van der Waals surface area contributed by atoms with Crippen molar-refractivity contribution in [2.24, 2.45) is 0 Å². The first kappa shape index (κ1) is 27.6. The van der Waals surface area contributed by atoms with E-state index in [0.29, 0.717) is 0 Å². The second-order valence-corrected chi connectivity index (χ2v) is 14.9. The summed E-state index contributed by atoms with van der Waals surface area (Å²) in [6, 6.07) is 38.0. The molecule has 0 fully saturated rings. The number of aryl methyl sites for hydroxylation is 2. The Balaban J connectivity index is 1.45. The number of furan rings is 1. The summed E-state index contributed by atoms with van der Waals surface area (Å²) in [6.45, 7) is 14.2. The predicted molar refractivity (Wildman–Crippen MR) is 195 cm³/mol. The van der Waals surface area contributed by atoms with Gasteiger partial charge in [-0.2, -0.15) is 0 Å². The fourth-order valence-corrected chi connectivity index (χ4v) is 8.67. The molecule has 2 aliphatic heterocycles. The van der Waals surface area contributed by atoms with Crippen molar-refractivity contribution < 1.29 is 4.42 Å². The molecular formula is C42H39BN2O. The SMILES string of the molecule is Cc1cccc(C)c1N1c2cc3c(cc2B2c4oc5ccccc5c4N(c4ccccc4)c4cccc1c42)C(C)(C)CCC3(C)C. The second-order valence-electron chi connectivity index (χ2n) is 14.9. The minimum absolute atomic E-state index is 0.0322. The van der Waals surface area contributed by atoms with Crippen molar-refractivity contribution in [2.45, 2.75) is 65.2 Å². The first-order valence-corrected chi connectivity index (χ1v) is 16.7. The van der Waals surface area contributed by atoms with Gasteiger partial charge in [0.05, 0.1) is 17.0 Å². The molecule has 226 valence electrons. The van der Waals surface area contributed by atoms with Crippen LogP contribution >= 0.6 is 0 Å². The lowest BCUT2D eigenvalue weighted by atomic mass is 9.35. The standard InChI is InChI=1S/C42H39BN2O/c1-26-14-12-15-27(2)38(26)45-34-20-13-19-33-37(34)43(32-24-30-31(25-35(32)45)42(5,6)23-22-41(30,3)4)40-39(29-18-10-11-21-36(29)46-40)44(33)28-16-8-7-9-17-28/h7-21,24-25H,22-23H2,1-6H3. The van der Waals surface area contributed by atoms with Gasteiger partial charge in [-0.1, -0.05) is 88.4 Å². The number of rotatable bonds is 2. The molecule has 3 aliphatic rings. The average Bonchev–Trinajstić information content (AvgIpc) is 3.43. The smallest absolute Gasteiger partial charge is 0.297 e. The van der Waals surface area contributed by atoms with Gasteiger partial charge in [-0.05, 0) is 113 Å². The Kier molecular flexibility index (Phi) is 5.65. The van der Waals surface area contributed by atoms with E-state index in [1.165, 1.54) is 68.8 Å². The summed E-state index contributed by atoms with van der Waals surface area (Å²) in [5, 5.41) is 1.15. The van der Waals surface area contributed by atoms with Crippen LogP contribution in [0.25, 0.3) is 11.0 Å². The van der Waals surface area contributed by atoms with E-state index in [2.05, 4.69) is 154 Å². The van der Waals surface area contributed by atoms with Crippen LogP contribution < -0.4 is 26.4 Å². The maximum atomic E-state index is 7.01. The minimum Gasteiger partial charge on any atom is -0.468 e. The Morgan fingerprint density at radius 2 is 1.22 bits per heavy atom. The van der Waals surface area contributed by atoms with E-state index in [0.717, 1.165) is 28.0 Å². The van der Waals surface area contributed by atoms with Crippen LogP contribution in [-0.4, -0.2) is 6.71 Å². The summed E-state index contributed by atoms with van der Waals surface area (Å²) in [4.78, 5) is 5.01. The molecule has 0 amide bonds. The Hall–Kier alpha value is -4.70. The zero-order valence-corrected chi connectivity index (χ0v) is 27.6. The Morgan fingerprint density at radius 3 is 1.93 bits per heavy atom. The van der Waals surface area contributed by atoms with Crippen LogP contribution in [0.5, 0.6) is 0 Å². The average molecular weight is 599 g/mol. The number of anilines is 6. The largest absolute Gasteiger partial charge is 0.468 e. The Bertz CT molecular complexity index is 2190. The summed E-state index contributed by atoms with van der Waals surface area (Å²) < 4.78 is 7.01. The van der Waals surface area contributed by atoms with Crippen LogP contribution in [0.15, 0.2) is 108 Å². The highest BCUT2D eigenvalue weighted by Gasteiger charge is 2.48. The van der Waals surface area contributed by atoms with Gasteiger partial charge in [0.2, 0.25) is 0 Å². The van der Waals surface area contributed by atoms with Gasteiger partial charge in [0.15, 0.2) is 0 Å². The molecular weight excluding hydrogens is 559 g/mol. The molecule has 0 saturated carbocycles. The van der Waals surface area contributed by atoms with Crippen molar-refractivity contribution in [3.05, 3.63) is 125 Å². The van der Waals surface area contributed by atoms with Crippen molar-refractivity contribution in [1.82, 2.24) is 0 Å². The molecule has 0 atom stereocenters. The first-order valence-electron chi connectivity index (χ1n) is 16.7. The summed E-state index contributed by atoms with van der Waals surface area (Å²) in [5.41, 5.74) is 17.6. The molecule has 5 aromatic carbocycles. The molecule has 0 spiro atoms. The van der Waals surface area contributed by atoms with Gasteiger partial charge >= 0.3 is 0 Å². The molecule has 0 radical (unpaired) electrons. The maximum Gasteiger partial charge on any atom is 0.297 e. The van der Waals surface area contributed by atoms with Crippen molar-refractivity contribution in [3.8, 4) is 0 Å². The van der Waals surface area contributed by atoms with Gasteiger partial charge in [0, 0.05) is 28.1 Å². The number of hydrogen-bond donors (Lipinski definition) is 0. The molecule has 46 heavy (non-hydrogen) atoms. The molecule has 0 saturated heterocycles. The zero-order valence-electron chi connectivity index (χ0n) is 27.6. The van der Waals surface area contributed by atoms with Gasteiger partial charge in [-0.25, -0.2) is 0 Å². The van der Waals surface area contributed by atoms with Crippen LogP contribution in [0.3, 0.4) is 0 Å². The molecule has 1 aliphatic carbocycles. The molecule has 6 aromatic rings. The third-order valence-electron chi connectivity index (χ3n) is 11.1. The highest BCUT2D eigenvalue weighted by molar-refractivity contribution is 7.00. The second kappa shape index (κ2) is 9.42. The quantitative estimate of drug-likeness (QED) is 0.185. The number of benzene rings is 5. The van der Waals surface area contributed by atoms with E-state index in [-0.39, 0.29) is 17.5 Å². The van der Waals surface area contributed by atoms with Crippen molar-refractivity contribution >= 4 is 68.4 Å². The van der Waals surface area contributed by atoms with Crippen LogP contribution in [0.1, 0.15) is 62.8 Å². The molecule has 9 rings (SSSR count). The molecule has 3 heterocycles. The van der Waals surface area contributed by atoms with Crippen molar-refractivity contribution in [2.75, 3.05) is 9.80 Å². The first-order chi connectivity index (χ1) is 22.2. The lowest BCUT2D eigenvalue weighted by Crippen LogP contribution is -2.61. The molecule has 0 bridgehead atoms. The van der Waals surface area contributed by atoms with Gasteiger partial charge < -0.3 is 14.2 Å². The Morgan fingerprint density at radius 1 is 0.609 bits per heavy atom. The molecule has 3 nitrogen and oxygen atoms in total. The minimum atomic E-state index is -0.0322. The highest BCUT2D eigenvalue weighted by atomic mass is 16.3. The molecule has 0 N–H and O–H groups in total. The Labute approximate surface area is 272 Å². The van der Waals surface area contributed by atoms with Crippen molar-refractivity contribution in [1.29, 1.82) is 0 Å². The molecule has 0 unspecified atom stereocenters. The third kappa shape index (κ3) is 3.67. The van der Waals surface area contributed by atoms with E-state index < -0.39 is 0 Å². The van der Waals surface area contributed by atoms with Crippen molar-refractivity contribution in [3.63, 3.8) is 0 Å². The topological polar surface area (TPSA) is 19.6 Å². The van der Waals surface area contributed by atoms with Gasteiger partial charge in [-0.3, -0.25) is 0 Å². The van der Waals surface area contributed by atoms with E-state index in [9.17, 15) is 0 Å². The fraction of sp³-hybridized carbons (Fsp3) is 0.238. The van der Waals surface area contributed by atoms with E-state index >= 15 is 0 Å². The molecule has 1 aromatic heterocycles. The van der Waals surface area contributed by atoms with Crippen LogP contribution in [0.4, 0.5) is 34.1 Å². The van der Waals surface area contributed by atoms with Crippen LogP contribution in [0.2, 0.25) is 0 Å². The van der Waals surface area contributed by atoms with Crippen LogP contribution in [-0.2, 0) is 10.8 Å². The zero-order chi connectivity index (χ0) is 31.5. The number of fused-ring (bicyclic) bond motifs is 7. The van der Waals surface area contributed by atoms with Gasteiger partial charge in [0.25, 0.3) is 6.71 Å². The van der Waals surface area contributed by atoms with Gasteiger partial charge in [0.1, 0.15) is 5.58 Å². The van der Waals surface area contributed by atoms with E-state index in [1.54, 1.807) is 0 Å². The van der Waals surface area contributed by atoms with E-state index in [4.69, 9.17) is 4.42 Å². The maximum absolute atomic E-state index is 7.01. The lowest BCUT2D eigenvalue weighted by molar-refractivity contribution is 0.332. The number of para-hydroxylation sites is 3. The number of nitrogens with zero attached hydrogens (tertiary/aromatic N) is 2. The fourth-order valence-electron chi connectivity index (χ4n) is 8.67. The summed E-state index contributed by atoms with van der Waals surface area (Å²) in [6.07, 6.45) is 2.36. The highest BCUT2D eigenvalue weighted by Crippen LogP contribution is 2.51. The normalized spacial score (nSPS) is 17.0. The number of hydrogen-bond acceptors (Lipinski definition) is 3. The molecule has 4 heteroatoms. The van der Waals surface area contributed by atoms with Crippen LogP contribution in [0, 0.1) is 13.8 Å².